The molecule has 2 aromatic rings. The molecule has 2 rings (SSSR count). The SMILES string of the molecule is O=C(Cl)c1ccccc1[Te][Te]c1ccccc1C(=O)Cl. The number of rotatable bonds is 5. The molecule has 0 heterocycles. The van der Waals surface area contributed by atoms with Crippen molar-refractivity contribution in [3.63, 3.8) is 0 Å². The van der Waals surface area contributed by atoms with Crippen molar-refractivity contribution in [3.05, 3.63) is 59.7 Å². The third-order valence-electron chi connectivity index (χ3n) is 2.42. The van der Waals surface area contributed by atoms with Crippen LogP contribution in [0.2, 0.25) is 0 Å². The van der Waals surface area contributed by atoms with Gasteiger partial charge in [0.2, 0.25) is 0 Å². The van der Waals surface area contributed by atoms with Gasteiger partial charge in [-0.2, -0.15) is 0 Å². The van der Waals surface area contributed by atoms with Crippen LogP contribution >= 0.6 is 23.2 Å². The quantitative estimate of drug-likeness (QED) is 0.433. The molecular formula is C14H8Cl2O2Te2. The van der Waals surface area contributed by atoms with Crippen LogP contribution in [0.25, 0.3) is 0 Å². The molecule has 0 aliphatic carbocycles. The second-order valence-corrected chi connectivity index (χ2v) is 14.2. The predicted octanol–water partition coefficient (Wildman–Crippen LogP) is 1.72. The Bertz CT molecular complexity index is 602. The standard InChI is InChI=1S/C14H8Cl2O2Te2/c15-13(17)9-5-1-3-7-11(9)19-20-12-8-4-2-6-10(12)14(16)18/h1-8H. The normalized spacial score (nSPS) is 10.3. The molecule has 6 heteroatoms. The number of carbonyl (C=O) groups is 2. The van der Waals surface area contributed by atoms with Gasteiger partial charge in [-0.3, -0.25) is 0 Å². The van der Waals surface area contributed by atoms with Crippen molar-refractivity contribution in [2.24, 2.45) is 0 Å². The molecule has 0 spiro atoms. The fourth-order valence-electron chi connectivity index (χ4n) is 1.49. The summed E-state index contributed by atoms with van der Waals surface area (Å²) >= 11 is 10.1. The van der Waals surface area contributed by atoms with Crippen LogP contribution in [0.5, 0.6) is 0 Å². The molecule has 0 unspecified atom stereocenters. The average molecular weight is 534 g/mol. The van der Waals surface area contributed by atoms with Crippen molar-refractivity contribution < 1.29 is 9.59 Å². The molecule has 0 aromatic heterocycles. The van der Waals surface area contributed by atoms with Crippen molar-refractivity contribution in [2.75, 3.05) is 0 Å². The molecule has 0 aliphatic heterocycles. The summed E-state index contributed by atoms with van der Waals surface area (Å²) in [5.74, 6) is 0. The minimum absolute atomic E-state index is 0.417. The molecule has 0 radical (unpaired) electrons. The van der Waals surface area contributed by atoms with Gasteiger partial charge in [0.1, 0.15) is 0 Å². The van der Waals surface area contributed by atoms with Gasteiger partial charge >= 0.3 is 144 Å². The van der Waals surface area contributed by atoms with Gasteiger partial charge in [-0.25, -0.2) is 0 Å². The first-order valence-corrected chi connectivity index (χ1v) is 15.9. The Balaban J connectivity index is 2.22. The minimum atomic E-state index is -0.533. The van der Waals surface area contributed by atoms with Crippen molar-refractivity contribution >= 4 is 75.0 Å². The molecule has 2 aromatic carbocycles. The van der Waals surface area contributed by atoms with Crippen LogP contribution in [0.15, 0.2) is 48.5 Å². The van der Waals surface area contributed by atoms with Gasteiger partial charge in [0, 0.05) is 0 Å². The van der Waals surface area contributed by atoms with Crippen molar-refractivity contribution in [1.29, 1.82) is 0 Å². The molecule has 0 aliphatic rings. The van der Waals surface area contributed by atoms with E-state index in [1.165, 1.54) is 0 Å². The predicted molar refractivity (Wildman–Crippen MR) is 84.0 cm³/mol. The number of hydrogen-bond donors (Lipinski definition) is 0. The summed E-state index contributed by atoms with van der Waals surface area (Å²) in [6, 6.07) is 14.8. The summed E-state index contributed by atoms with van der Waals surface area (Å²) in [6.45, 7) is 0. The number of carbonyl (C=O) groups excluding carboxylic acids is 2. The Hall–Kier alpha value is -0.0608. The topological polar surface area (TPSA) is 34.1 Å². The van der Waals surface area contributed by atoms with E-state index >= 15 is 0 Å². The van der Waals surface area contributed by atoms with Crippen LogP contribution in [-0.4, -0.2) is 44.6 Å². The molecule has 0 amide bonds. The molecule has 102 valence electrons. The Morgan fingerprint density at radius 2 is 1.05 bits per heavy atom. The van der Waals surface area contributed by atoms with E-state index in [9.17, 15) is 9.59 Å². The second kappa shape index (κ2) is 7.81. The zero-order valence-electron chi connectivity index (χ0n) is 10.0. The number of hydrogen-bond acceptors (Lipinski definition) is 2. The Morgan fingerprint density at radius 1 is 0.700 bits per heavy atom. The third kappa shape index (κ3) is 4.22. The van der Waals surface area contributed by atoms with Crippen LogP contribution in [-0.2, 0) is 0 Å². The molecule has 20 heavy (non-hydrogen) atoms. The summed E-state index contributed by atoms with van der Waals surface area (Å²) in [5.41, 5.74) is 1.19. The Morgan fingerprint density at radius 3 is 1.40 bits per heavy atom. The van der Waals surface area contributed by atoms with Gasteiger partial charge in [0.25, 0.3) is 0 Å². The first-order chi connectivity index (χ1) is 9.59. The summed E-state index contributed by atoms with van der Waals surface area (Å²) in [6.07, 6.45) is 0. The molecule has 0 N–H and O–H groups in total. The first kappa shape index (κ1) is 16.3. The molecule has 0 saturated carbocycles. The zero-order chi connectivity index (χ0) is 14.5. The summed E-state index contributed by atoms with van der Waals surface area (Å²) in [7, 11) is 0. The molecule has 0 atom stereocenters. The van der Waals surface area contributed by atoms with Crippen LogP contribution in [0.1, 0.15) is 20.7 Å². The summed E-state index contributed by atoms with van der Waals surface area (Å²) < 4.78 is 2.11. The van der Waals surface area contributed by atoms with E-state index in [1.807, 2.05) is 36.4 Å². The molecule has 0 saturated heterocycles. The van der Waals surface area contributed by atoms with Crippen molar-refractivity contribution in [1.82, 2.24) is 0 Å². The number of halogens is 2. The van der Waals surface area contributed by atoms with Gasteiger partial charge in [-0.05, 0) is 0 Å². The second-order valence-electron chi connectivity index (χ2n) is 3.71. The summed E-state index contributed by atoms with van der Waals surface area (Å²) in [4.78, 5) is 22.8. The van der Waals surface area contributed by atoms with Gasteiger partial charge in [-0.1, -0.05) is 0 Å². The van der Waals surface area contributed by atoms with E-state index in [4.69, 9.17) is 23.2 Å². The molecule has 0 fully saturated rings. The van der Waals surface area contributed by atoms with Gasteiger partial charge in [-0.15, -0.1) is 0 Å². The molecule has 2 nitrogen and oxygen atoms in total. The maximum absolute atomic E-state index is 11.4. The average Bonchev–Trinajstić information content (AvgIpc) is 2.45. The van der Waals surface area contributed by atoms with Crippen LogP contribution in [0.3, 0.4) is 0 Å². The van der Waals surface area contributed by atoms with Crippen LogP contribution in [0, 0.1) is 0 Å². The zero-order valence-corrected chi connectivity index (χ0v) is 16.2. The number of benzene rings is 2. The fourth-order valence-corrected chi connectivity index (χ4v) is 13.9. The van der Waals surface area contributed by atoms with Crippen LogP contribution in [0.4, 0.5) is 0 Å². The summed E-state index contributed by atoms with van der Waals surface area (Å²) in [5, 5.41) is -0.834. The molecular weight excluding hydrogens is 526 g/mol. The Labute approximate surface area is 143 Å². The van der Waals surface area contributed by atoms with Gasteiger partial charge in [0.05, 0.1) is 0 Å². The van der Waals surface area contributed by atoms with Crippen molar-refractivity contribution in [3.8, 4) is 0 Å². The van der Waals surface area contributed by atoms with E-state index in [1.54, 1.807) is 12.1 Å². The van der Waals surface area contributed by atoms with Gasteiger partial charge < -0.3 is 0 Å². The van der Waals surface area contributed by atoms with E-state index in [0.29, 0.717) is 11.1 Å². The van der Waals surface area contributed by atoms with E-state index in [-0.39, 0.29) is 0 Å². The third-order valence-corrected chi connectivity index (χ3v) is 14.6. The van der Waals surface area contributed by atoms with E-state index in [2.05, 4.69) is 0 Å². The fraction of sp³-hybridized carbons (Fsp3) is 0. The van der Waals surface area contributed by atoms with E-state index in [0.717, 1.165) is 7.22 Å². The van der Waals surface area contributed by atoms with E-state index < -0.39 is 44.6 Å². The molecule has 0 bridgehead atoms. The first-order valence-electron chi connectivity index (χ1n) is 5.52. The van der Waals surface area contributed by atoms with Crippen molar-refractivity contribution in [2.45, 2.75) is 0 Å². The monoisotopic (exact) mass is 538 g/mol. The van der Waals surface area contributed by atoms with Gasteiger partial charge in [0.15, 0.2) is 0 Å². The maximum atomic E-state index is 11.4. The Kier molecular flexibility index (Phi) is 6.37. The van der Waals surface area contributed by atoms with Crippen LogP contribution < -0.4 is 7.22 Å².